The lowest BCUT2D eigenvalue weighted by atomic mass is 10.1. The molecule has 0 aliphatic heterocycles. The highest BCUT2D eigenvalue weighted by Gasteiger charge is 2.09. The third-order valence-electron chi connectivity index (χ3n) is 5.37. The minimum absolute atomic E-state index is 0.101. The molecule has 37 heavy (non-hydrogen) atoms. The van der Waals surface area contributed by atoms with Crippen molar-refractivity contribution in [1.82, 2.24) is 9.44 Å². The summed E-state index contributed by atoms with van der Waals surface area (Å²) in [5.74, 6) is 0.208. The first-order valence-electron chi connectivity index (χ1n) is 11.4. The number of hydrogen-bond donors (Lipinski definition) is 4. The molecule has 0 fully saturated rings. The second kappa shape index (κ2) is 15.2. The van der Waals surface area contributed by atoms with Crippen LogP contribution in [0.15, 0.2) is 66.7 Å². The van der Waals surface area contributed by atoms with E-state index in [2.05, 4.69) is 72.1 Å². The van der Waals surface area contributed by atoms with Gasteiger partial charge in [-0.3, -0.25) is 0 Å². The van der Waals surface area contributed by atoms with Gasteiger partial charge in [-0.25, -0.2) is 26.3 Å². The molecule has 0 unspecified atom stereocenters. The zero-order chi connectivity index (χ0) is 27.5. The van der Waals surface area contributed by atoms with Crippen LogP contribution in [0.2, 0.25) is 0 Å². The maximum Gasteiger partial charge on any atom is 0.211 e. The first kappa shape index (κ1) is 31.8. The van der Waals surface area contributed by atoms with E-state index in [-0.39, 0.29) is 11.5 Å². The third kappa shape index (κ3) is 11.9. The van der Waals surface area contributed by atoms with Crippen LogP contribution in [-0.2, 0) is 39.4 Å². The fourth-order valence-electron chi connectivity index (χ4n) is 3.09. The van der Waals surface area contributed by atoms with E-state index in [9.17, 15) is 16.8 Å². The first-order chi connectivity index (χ1) is 17.4. The van der Waals surface area contributed by atoms with Gasteiger partial charge in [0.15, 0.2) is 0 Å². The van der Waals surface area contributed by atoms with Gasteiger partial charge < -0.3 is 11.1 Å². The van der Waals surface area contributed by atoms with E-state index in [0.29, 0.717) is 12.8 Å². The maximum absolute atomic E-state index is 11.5. The molecule has 3 aromatic rings. The predicted molar refractivity (Wildman–Crippen MR) is 170 cm³/mol. The maximum atomic E-state index is 11.5. The molecule has 8 nitrogen and oxygen atoms in total. The summed E-state index contributed by atoms with van der Waals surface area (Å²) in [5, 5.41) is 3.40. The highest BCUT2D eigenvalue weighted by atomic mass is 127. The average molecular weight is 770 g/mol. The molecule has 0 saturated heterocycles. The predicted octanol–water partition coefficient (Wildman–Crippen LogP) is 3.96. The van der Waals surface area contributed by atoms with Gasteiger partial charge >= 0.3 is 0 Å². The molecule has 0 spiro atoms. The molecule has 202 valence electrons. The number of nitrogens with two attached hydrogens (primary N) is 1. The number of nitrogen functional groups attached to an aromatic ring is 1. The van der Waals surface area contributed by atoms with Gasteiger partial charge in [-0.05, 0) is 113 Å². The minimum atomic E-state index is -3.15. The molecule has 0 atom stereocenters. The Balaban J connectivity index is 0.000000281. The number of aryl methyl sites for hydroxylation is 2. The van der Waals surface area contributed by atoms with Crippen molar-refractivity contribution in [3.05, 3.63) is 90.6 Å². The van der Waals surface area contributed by atoms with Crippen LogP contribution in [-0.4, -0.2) is 42.4 Å². The lowest BCUT2D eigenvalue weighted by molar-refractivity contribution is 0.586. The van der Waals surface area contributed by atoms with E-state index in [1.54, 1.807) is 6.07 Å². The summed E-state index contributed by atoms with van der Waals surface area (Å²) in [6.07, 6.45) is 1.01. The summed E-state index contributed by atoms with van der Waals surface area (Å²) in [6.45, 7) is 0.768. The summed E-state index contributed by atoms with van der Waals surface area (Å²) in [5.41, 5.74) is 10.7. The van der Waals surface area contributed by atoms with Crippen LogP contribution in [0, 0.1) is 7.14 Å². The van der Waals surface area contributed by atoms with Crippen LogP contribution in [0.1, 0.15) is 16.7 Å². The van der Waals surface area contributed by atoms with Crippen molar-refractivity contribution in [1.29, 1.82) is 0 Å². The number of nitrogens with one attached hydrogen (secondary N) is 3. The normalized spacial score (nSPS) is 11.5. The Kier molecular flexibility index (Phi) is 13.1. The van der Waals surface area contributed by atoms with E-state index in [0.717, 1.165) is 36.2 Å². The minimum Gasteiger partial charge on any atom is -0.398 e. The summed E-state index contributed by atoms with van der Waals surface area (Å²) in [6, 6.07) is 21.8. The number of hydrogen-bond acceptors (Lipinski definition) is 6. The molecular weight excluding hydrogens is 738 g/mol. The van der Waals surface area contributed by atoms with Crippen LogP contribution in [0.25, 0.3) is 0 Å². The van der Waals surface area contributed by atoms with Crippen molar-refractivity contribution in [3.63, 3.8) is 0 Å². The van der Waals surface area contributed by atoms with Gasteiger partial charge in [0.25, 0.3) is 0 Å². The molecule has 0 saturated carbocycles. The molecular formula is C25H32I2N4O4S2. The first-order valence-corrected chi connectivity index (χ1v) is 16.8. The summed E-state index contributed by atoms with van der Waals surface area (Å²) < 4.78 is 51.9. The van der Waals surface area contributed by atoms with E-state index in [4.69, 9.17) is 5.73 Å². The van der Waals surface area contributed by atoms with Crippen molar-refractivity contribution in [2.45, 2.75) is 19.4 Å². The number of sulfonamides is 2. The van der Waals surface area contributed by atoms with Crippen molar-refractivity contribution < 1.29 is 16.8 Å². The number of anilines is 2. The lowest BCUT2D eigenvalue weighted by Gasteiger charge is -2.10. The Morgan fingerprint density at radius 1 is 0.703 bits per heavy atom. The third-order valence-corrected chi connectivity index (χ3v) is 9.92. The second-order valence-corrected chi connectivity index (χ2v) is 14.5. The Bertz CT molecular complexity index is 1370. The van der Waals surface area contributed by atoms with Crippen molar-refractivity contribution in [2.75, 3.05) is 36.7 Å². The largest absolute Gasteiger partial charge is 0.398 e. The fraction of sp³-hybridized carbons (Fsp3) is 0.280. The standard InChI is InChI=1S/C16H19IN2O2S.C9H13IN2O2S/c1-18-22(20,21)10-9-13-7-8-16(15(17)11-13)19-12-14-5-3-2-4-6-14;1-12-15(13,14)5-4-7-2-3-9(11)8(10)6-7/h2-8,11,18-19H,9-10,12H2,1H3;2-3,6,12H,4-5,11H2,1H3. The molecule has 0 aromatic heterocycles. The van der Waals surface area contributed by atoms with Crippen molar-refractivity contribution >= 4 is 76.6 Å². The second-order valence-electron chi connectivity index (χ2n) is 8.06. The van der Waals surface area contributed by atoms with Gasteiger partial charge in [0, 0.05) is 25.1 Å². The number of halogens is 2. The summed E-state index contributed by atoms with van der Waals surface area (Å²) >= 11 is 4.40. The molecule has 5 N–H and O–H groups in total. The molecule has 0 heterocycles. The molecule has 3 aromatic carbocycles. The zero-order valence-electron chi connectivity index (χ0n) is 20.7. The Hall–Kier alpha value is -1.46. The SMILES string of the molecule is CNS(=O)(=O)CCc1ccc(N)c(I)c1.CNS(=O)(=O)CCc1ccc(NCc2ccccc2)c(I)c1. The van der Waals surface area contributed by atoms with Gasteiger partial charge in [-0.15, -0.1) is 0 Å². The van der Waals surface area contributed by atoms with Crippen LogP contribution in [0.4, 0.5) is 11.4 Å². The lowest BCUT2D eigenvalue weighted by Crippen LogP contribution is -2.23. The van der Waals surface area contributed by atoms with E-state index in [1.807, 2.05) is 48.5 Å². The quantitative estimate of drug-likeness (QED) is 0.173. The molecule has 0 amide bonds. The van der Waals surface area contributed by atoms with Crippen molar-refractivity contribution in [2.24, 2.45) is 0 Å². The van der Waals surface area contributed by atoms with E-state index in [1.165, 1.54) is 19.7 Å². The molecule has 3 rings (SSSR count). The van der Waals surface area contributed by atoms with Gasteiger partial charge in [0.1, 0.15) is 0 Å². The molecule has 0 aliphatic carbocycles. The summed E-state index contributed by atoms with van der Waals surface area (Å²) in [7, 11) is -3.42. The van der Waals surface area contributed by atoms with Crippen LogP contribution >= 0.6 is 45.2 Å². The Labute approximate surface area is 247 Å². The van der Waals surface area contributed by atoms with Crippen LogP contribution in [0.5, 0.6) is 0 Å². The number of rotatable bonds is 11. The van der Waals surface area contributed by atoms with Crippen LogP contribution < -0.4 is 20.5 Å². The van der Waals surface area contributed by atoms with Gasteiger partial charge in [0.2, 0.25) is 20.0 Å². The van der Waals surface area contributed by atoms with Gasteiger partial charge in [0.05, 0.1) is 11.5 Å². The highest BCUT2D eigenvalue weighted by molar-refractivity contribution is 14.1. The summed E-state index contributed by atoms with van der Waals surface area (Å²) in [4.78, 5) is 0. The molecule has 0 radical (unpaired) electrons. The fourth-order valence-corrected chi connectivity index (χ4v) is 5.85. The monoisotopic (exact) mass is 770 g/mol. The zero-order valence-corrected chi connectivity index (χ0v) is 26.6. The van der Waals surface area contributed by atoms with Gasteiger partial charge in [-0.2, -0.15) is 0 Å². The average Bonchev–Trinajstić information content (AvgIpc) is 2.89. The highest BCUT2D eigenvalue weighted by Crippen LogP contribution is 2.21. The molecule has 0 aliphatic rings. The van der Waals surface area contributed by atoms with E-state index >= 15 is 0 Å². The van der Waals surface area contributed by atoms with Gasteiger partial charge in [-0.1, -0.05) is 42.5 Å². The number of benzene rings is 3. The Morgan fingerprint density at radius 3 is 1.70 bits per heavy atom. The Morgan fingerprint density at radius 2 is 1.22 bits per heavy atom. The van der Waals surface area contributed by atoms with Crippen molar-refractivity contribution in [3.8, 4) is 0 Å². The van der Waals surface area contributed by atoms with Crippen LogP contribution in [0.3, 0.4) is 0 Å². The van der Waals surface area contributed by atoms with E-state index < -0.39 is 20.0 Å². The smallest absolute Gasteiger partial charge is 0.211 e. The topological polar surface area (TPSA) is 130 Å². The molecule has 0 bridgehead atoms. The molecule has 12 heteroatoms.